The monoisotopic (exact) mass is 1960 g/mol. The molecule has 7 N–H and O–H groups in total. The molecule has 10 aromatic carbocycles. The number of aryl methyl sites for hydroxylation is 11. The molecule has 0 saturated heterocycles. The van der Waals surface area contributed by atoms with Crippen molar-refractivity contribution in [2.75, 3.05) is 25.2 Å². The molecule has 0 saturated carbocycles. The lowest BCUT2D eigenvalue weighted by molar-refractivity contribution is 0.302. The fourth-order valence-corrected chi connectivity index (χ4v) is 17.6. The van der Waals surface area contributed by atoms with E-state index in [1.807, 2.05) is 106 Å². The Morgan fingerprint density at radius 2 is 0.717 bits per heavy atom. The second-order valence-corrected chi connectivity index (χ2v) is 38.4. The molecule has 0 fully saturated rings. The van der Waals surface area contributed by atoms with E-state index < -0.39 is 0 Å². The molecule has 18 aromatic rings. The molecule has 0 aliphatic rings. The summed E-state index contributed by atoms with van der Waals surface area (Å²) in [6.45, 7) is 44.6. The first-order valence-electron chi connectivity index (χ1n) is 48.1. The first-order chi connectivity index (χ1) is 66.8. The van der Waals surface area contributed by atoms with Gasteiger partial charge in [0.1, 0.15) is 78.5 Å². The van der Waals surface area contributed by atoms with Gasteiger partial charge in [-0.15, -0.1) is 0 Å². The summed E-state index contributed by atoms with van der Waals surface area (Å²) in [6, 6.07) is 66.7. The molecule has 21 heteroatoms. The molecule has 18 rings (SSSR count). The molecular formula is C124H159N13O8. The number of hydrogen-bond donors (Lipinski definition) is 5. The fourth-order valence-electron chi connectivity index (χ4n) is 17.6. The molecule has 21 nitrogen and oxygen atoms in total. The van der Waals surface area contributed by atoms with Crippen LogP contribution in [0.15, 0.2) is 244 Å². The van der Waals surface area contributed by atoms with E-state index in [0.717, 1.165) is 72.7 Å². The second-order valence-electron chi connectivity index (χ2n) is 38.4. The van der Waals surface area contributed by atoms with E-state index in [9.17, 15) is 5.11 Å². The largest absolute Gasteiger partial charge is 0.508 e. The Morgan fingerprint density at radius 3 is 1.09 bits per heavy atom. The highest BCUT2D eigenvalue weighted by Crippen LogP contribution is 2.43. The molecule has 8 aromatic heterocycles. The van der Waals surface area contributed by atoms with Crippen LogP contribution >= 0.6 is 0 Å². The number of aromatic amines is 2. The minimum absolute atomic E-state index is 0. The Balaban J connectivity index is 0.000000229. The summed E-state index contributed by atoms with van der Waals surface area (Å²) in [5.41, 5.74) is 38.8. The number of nitrogens with zero attached hydrogens (tertiary/aromatic N) is 9. The number of allylic oxidation sites excluding steroid dienone is 1. The van der Waals surface area contributed by atoms with Crippen LogP contribution in [-0.4, -0.2) is 61.6 Å². The summed E-state index contributed by atoms with van der Waals surface area (Å²) in [4.78, 5) is 14.5. The van der Waals surface area contributed by atoms with E-state index in [4.69, 9.17) is 55.1 Å². The van der Waals surface area contributed by atoms with Gasteiger partial charge in [0.2, 0.25) is 11.7 Å². The standard InChI is InChI=1S/C20H23NO.C19H21NO.C18H19NO.C17H21N5O.C17H20N2O2.C15H18N2O.C13H17NO.5CH4/c1-14(2)17-10-19-18(15(3)12-21(19)4)11-20(17)22-13-16-8-6-5-7-9-16;1-13(2)16-9-18-17(14(3)11-20-18)10-19(16)21-12-15-7-5-4-6-8-15;1-13(2)16-11-17-15(8-9-19-17)10-18(16)20-12-14-6-4-3-5-7-14;1-9(2)11-5-13-12(10(3)8-22(13)4)6-14(11)23-15-7-20-17(19)21-16(15)18;1-11(2)14-6-16-15(12(3)9-19(16)4)7-17(14)21-13(8-18)10-20-5;1-10(2)12-7-14-13(11(3)9-17(14)4)8-15(12)18-6-5-16;1-8(2)10-5-12-11(6-13(10)15)9(3)7-14(12)4;;;;;/h5-12,14H,13H2,1-4H3;4-11,13,20H,12H2,1-3H3;3-11,13,19H,12H2,1-2H3;5-9H,1-4H3,(H4,18,19,20,21);6-7,9-11H,1-5H3;7-10H,6H2,1-4H3;5-8,15H,1-4H3;5*1H4/b;;;;13-10+;;;;;;;. The van der Waals surface area contributed by atoms with Crippen molar-refractivity contribution >= 4 is 88.1 Å². The number of ether oxygens (including phenoxy) is 7. The smallest absolute Gasteiger partial charge is 0.238 e. The number of nitrogen functional groups attached to an aromatic ring is 2. The molecule has 145 heavy (non-hydrogen) atoms. The highest BCUT2D eigenvalue weighted by Gasteiger charge is 2.23. The maximum atomic E-state index is 9.90. The molecule has 0 bridgehead atoms. The Morgan fingerprint density at radius 1 is 0.386 bits per heavy atom. The van der Waals surface area contributed by atoms with Crippen LogP contribution in [-0.2, 0) is 59.8 Å². The summed E-state index contributed by atoms with van der Waals surface area (Å²) >= 11 is 0. The predicted molar refractivity (Wildman–Crippen MR) is 609 cm³/mol. The number of phenolic OH excluding ortho intramolecular Hbond substituents is 1. The Bertz CT molecular complexity index is 7420. The van der Waals surface area contributed by atoms with Gasteiger partial charge in [-0.1, -0.05) is 225 Å². The Kier molecular flexibility index (Phi) is 42.4. The van der Waals surface area contributed by atoms with E-state index in [1.165, 1.54) is 141 Å². The summed E-state index contributed by atoms with van der Waals surface area (Å²) in [7, 11) is 11.8. The molecule has 0 aliphatic carbocycles. The second kappa shape index (κ2) is 52.7. The van der Waals surface area contributed by atoms with Crippen molar-refractivity contribution < 1.29 is 38.3 Å². The van der Waals surface area contributed by atoms with Gasteiger partial charge in [-0.05, 0) is 263 Å². The zero-order chi connectivity index (χ0) is 101. The zero-order valence-corrected chi connectivity index (χ0v) is 86.4. The number of benzene rings is 10. The van der Waals surface area contributed by atoms with E-state index in [-0.39, 0.29) is 61.3 Å². The number of methoxy groups -OCH3 is 1. The Labute approximate surface area is 862 Å². The number of nitriles is 2. The fraction of sp³-hybridized carbons (Fsp3) is 0.339. The molecule has 0 atom stereocenters. The minimum Gasteiger partial charge on any atom is -0.508 e. The number of fused-ring (bicyclic) bond motifs is 7. The van der Waals surface area contributed by atoms with Gasteiger partial charge in [0.05, 0.1) is 13.3 Å². The van der Waals surface area contributed by atoms with Crippen LogP contribution in [0.3, 0.4) is 0 Å². The van der Waals surface area contributed by atoms with Crippen LogP contribution in [0.4, 0.5) is 11.8 Å². The number of H-pyrrole nitrogens is 2. The van der Waals surface area contributed by atoms with E-state index in [1.54, 1.807) is 0 Å². The third-order valence-electron chi connectivity index (χ3n) is 25.3. The zero-order valence-electron chi connectivity index (χ0n) is 86.4. The summed E-state index contributed by atoms with van der Waals surface area (Å²) in [5.74, 6) is 9.24. The number of anilines is 2. The van der Waals surface area contributed by atoms with Gasteiger partial charge >= 0.3 is 0 Å². The van der Waals surface area contributed by atoms with Crippen molar-refractivity contribution in [3.8, 4) is 58.1 Å². The highest BCUT2D eigenvalue weighted by atomic mass is 16.5. The normalized spacial score (nSPS) is 10.9. The lowest BCUT2D eigenvalue weighted by Gasteiger charge is -2.15. The predicted octanol–water partition coefficient (Wildman–Crippen LogP) is 32.6. The summed E-state index contributed by atoms with van der Waals surface area (Å²) < 4.78 is 51.1. The quantitative estimate of drug-likeness (QED) is 0.0295. The van der Waals surface area contributed by atoms with Crippen molar-refractivity contribution in [2.45, 2.75) is 237 Å². The molecule has 8 heterocycles. The average molecular weight is 1960 g/mol. The van der Waals surface area contributed by atoms with E-state index in [0.29, 0.717) is 78.5 Å². The summed E-state index contributed by atoms with van der Waals surface area (Å²) in [6.07, 6.45) is 17.4. The first-order valence-corrected chi connectivity index (χ1v) is 48.1. The number of hydrogen-bond acceptors (Lipinski definition) is 14. The topological polar surface area (TPSA) is 266 Å². The van der Waals surface area contributed by atoms with Crippen LogP contribution in [0.1, 0.15) is 265 Å². The van der Waals surface area contributed by atoms with Crippen molar-refractivity contribution in [3.63, 3.8) is 0 Å². The van der Waals surface area contributed by atoms with Crippen LogP contribution in [0.2, 0.25) is 0 Å². The maximum absolute atomic E-state index is 9.90. The third kappa shape index (κ3) is 28.7. The van der Waals surface area contributed by atoms with Crippen molar-refractivity contribution in [3.05, 3.63) is 333 Å². The van der Waals surface area contributed by atoms with Gasteiger partial charge in [0.25, 0.3) is 0 Å². The molecule has 0 amide bonds. The van der Waals surface area contributed by atoms with Crippen molar-refractivity contribution in [2.24, 2.45) is 35.2 Å². The average Bonchev–Trinajstić information content (AvgIpc) is 1.66. The molecule has 0 unspecified atom stereocenters. The van der Waals surface area contributed by atoms with Gasteiger partial charge in [-0.25, -0.2) is 4.98 Å². The highest BCUT2D eigenvalue weighted by molar-refractivity contribution is 5.91. The lowest BCUT2D eigenvalue weighted by atomic mass is 10.00. The van der Waals surface area contributed by atoms with Gasteiger partial charge in [-0.2, -0.15) is 15.5 Å². The van der Waals surface area contributed by atoms with Crippen LogP contribution < -0.4 is 39.9 Å². The van der Waals surface area contributed by atoms with Crippen LogP contribution in [0.5, 0.6) is 46.0 Å². The minimum atomic E-state index is 0. The number of aromatic hydroxyl groups is 1. The van der Waals surface area contributed by atoms with Gasteiger partial charge in [-0.3, -0.25) is 0 Å². The molecule has 0 aliphatic heterocycles. The van der Waals surface area contributed by atoms with E-state index in [2.05, 4.69) is 348 Å². The van der Waals surface area contributed by atoms with Crippen LogP contribution in [0.25, 0.3) is 76.3 Å². The SMILES string of the molecule is C.C.C.C.C.CC(C)c1cc2[nH]ccc2cc1OCc1ccccc1.CO/C=C(\C#N)Oc1cc2c(C)cn(C)c2cc1C(C)C.Cc1c[nH]c2cc(C(C)C)c(OCc3ccccc3)cc12.Cc1cn(C)c2cc(C(C)C)c(O)cc12.Cc1cn(C)c2cc(C(C)C)c(OCC#N)cc12.Cc1cn(C)c2cc(C(C)C)c(OCc3ccccc3)cc12.Cc1cn(C)c2cc(C(C)C)c(Oc3cnc(N)nc3N)cc12. The number of rotatable bonds is 23. The van der Waals surface area contributed by atoms with Gasteiger partial charge < -0.3 is 82.5 Å². The van der Waals surface area contributed by atoms with Gasteiger partial charge in [0, 0.05) is 155 Å². The maximum Gasteiger partial charge on any atom is 0.238 e. The summed E-state index contributed by atoms with van der Waals surface area (Å²) in [5, 5.41) is 36.0. The van der Waals surface area contributed by atoms with Crippen molar-refractivity contribution in [1.82, 2.24) is 42.8 Å². The number of aromatic nitrogens is 9. The lowest BCUT2D eigenvalue weighted by Crippen LogP contribution is -2.02. The molecule has 768 valence electrons. The van der Waals surface area contributed by atoms with Crippen LogP contribution in [0, 0.1) is 64.2 Å². The van der Waals surface area contributed by atoms with E-state index >= 15 is 0 Å². The molecular weight excluding hydrogens is 1800 g/mol. The number of nitrogens with two attached hydrogens (primary N) is 2. The first kappa shape index (κ1) is 117. The Hall–Kier alpha value is -15.2. The van der Waals surface area contributed by atoms with Crippen molar-refractivity contribution in [1.29, 1.82) is 10.5 Å². The third-order valence-corrected chi connectivity index (χ3v) is 25.3. The molecule has 0 radical (unpaired) electrons. The number of nitrogens with one attached hydrogen (secondary N) is 2. The number of phenols is 1. The van der Waals surface area contributed by atoms with Gasteiger partial charge in [0.15, 0.2) is 18.2 Å². The molecule has 0 spiro atoms.